The minimum atomic E-state index is -0.201. The van der Waals surface area contributed by atoms with Gasteiger partial charge in [0.05, 0.1) is 18.7 Å². The van der Waals surface area contributed by atoms with Gasteiger partial charge in [0.1, 0.15) is 10.8 Å². The highest BCUT2D eigenvalue weighted by atomic mass is 35.5. The number of hydrogen-bond donors (Lipinski definition) is 1. The van der Waals surface area contributed by atoms with E-state index in [4.69, 9.17) is 17.3 Å². The number of pyridine rings is 1. The third-order valence-electron chi connectivity index (χ3n) is 4.12. The SMILES string of the molecule is NC(=O)C1CCCN(CCn2cc(-c3ccc(Cl)nc3)nn2)C1. The lowest BCUT2D eigenvalue weighted by molar-refractivity contribution is -0.123. The number of aromatic nitrogens is 4. The number of hydrogen-bond acceptors (Lipinski definition) is 5. The summed E-state index contributed by atoms with van der Waals surface area (Å²) >= 11 is 5.78. The van der Waals surface area contributed by atoms with E-state index in [1.54, 1.807) is 16.9 Å². The zero-order chi connectivity index (χ0) is 16.2. The maximum atomic E-state index is 11.3. The molecule has 0 bridgehead atoms. The van der Waals surface area contributed by atoms with Crippen molar-refractivity contribution < 1.29 is 4.79 Å². The van der Waals surface area contributed by atoms with Crippen molar-refractivity contribution >= 4 is 17.5 Å². The Labute approximate surface area is 139 Å². The monoisotopic (exact) mass is 334 g/mol. The molecule has 122 valence electrons. The summed E-state index contributed by atoms with van der Waals surface area (Å²) in [5, 5.41) is 8.76. The summed E-state index contributed by atoms with van der Waals surface area (Å²) in [6.07, 6.45) is 5.47. The predicted octanol–water partition coefficient (Wildman–Crippen LogP) is 1.19. The van der Waals surface area contributed by atoms with Crippen LogP contribution in [0.2, 0.25) is 5.15 Å². The first-order valence-corrected chi connectivity index (χ1v) is 8.03. The van der Waals surface area contributed by atoms with E-state index in [-0.39, 0.29) is 11.8 Å². The third-order valence-corrected chi connectivity index (χ3v) is 4.34. The van der Waals surface area contributed by atoms with Gasteiger partial charge in [-0.15, -0.1) is 5.10 Å². The van der Waals surface area contributed by atoms with Crippen molar-refractivity contribution in [3.8, 4) is 11.3 Å². The average Bonchev–Trinajstić information content (AvgIpc) is 3.03. The highest BCUT2D eigenvalue weighted by Crippen LogP contribution is 2.18. The smallest absolute Gasteiger partial charge is 0.221 e. The zero-order valence-corrected chi connectivity index (χ0v) is 13.5. The van der Waals surface area contributed by atoms with Gasteiger partial charge in [-0.3, -0.25) is 9.48 Å². The van der Waals surface area contributed by atoms with Crippen molar-refractivity contribution in [3.05, 3.63) is 29.7 Å². The highest BCUT2D eigenvalue weighted by molar-refractivity contribution is 6.29. The van der Waals surface area contributed by atoms with Gasteiger partial charge >= 0.3 is 0 Å². The van der Waals surface area contributed by atoms with Crippen molar-refractivity contribution in [2.75, 3.05) is 19.6 Å². The quantitative estimate of drug-likeness (QED) is 0.829. The number of piperidine rings is 1. The summed E-state index contributed by atoms with van der Waals surface area (Å²) < 4.78 is 1.80. The van der Waals surface area contributed by atoms with Crippen molar-refractivity contribution in [3.63, 3.8) is 0 Å². The standard InChI is InChI=1S/C15H19ClN6O/c16-14-4-3-11(8-18-14)13-10-22(20-19-13)7-6-21-5-1-2-12(9-21)15(17)23/h3-4,8,10,12H,1-2,5-7,9H2,(H2,17,23). The van der Waals surface area contributed by atoms with Gasteiger partial charge in [-0.1, -0.05) is 16.8 Å². The number of carbonyl (C=O) groups is 1. The molecule has 1 atom stereocenters. The van der Waals surface area contributed by atoms with Gasteiger partial charge in [-0.2, -0.15) is 0 Å². The summed E-state index contributed by atoms with van der Waals surface area (Å²) in [5.74, 6) is -0.233. The van der Waals surface area contributed by atoms with Crippen LogP contribution < -0.4 is 5.73 Å². The fraction of sp³-hybridized carbons (Fsp3) is 0.467. The molecule has 1 aliphatic heterocycles. The largest absolute Gasteiger partial charge is 0.369 e. The lowest BCUT2D eigenvalue weighted by Gasteiger charge is -2.30. The van der Waals surface area contributed by atoms with Crippen molar-refractivity contribution in [2.45, 2.75) is 19.4 Å². The molecular weight excluding hydrogens is 316 g/mol. The van der Waals surface area contributed by atoms with E-state index in [0.717, 1.165) is 50.3 Å². The van der Waals surface area contributed by atoms with E-state index in [2.05, 4.69) is 20.2 Å². The molecule has 7 nitrogen and oxygen atoms in total. The molecule has 1 unspecified atom stereocenters. The van der Waals surface area contributed by atoms with E-state index in [9.17, 15) is 4.79 Å². The van der Waals surface area contributed by atoms with Crippen molar-refractivity contribution in [2.24, 2.45) is 11.7 Å². The second-order valence-corrected chi connectivity index (χ2v) is 6.17. The van der Waals surface area contributed by atoms with Gasteiger partial charge in [0.15, 0.2) is 0 Å². The molecule has 2 aromatic rings. The van der Waals surface area contributed by atoms with E-state index in [0.29, 0.717) is 5.15 Å². The number of nitrogens with zero attached hydrogens (tertiary/aromatic N) is 5. The predicted molar refractivity (Wildman–Crippen MR) is 86.6 cm³/mol. The number of amides is 1. The number of nitrogens with two attached hydrogens (primary N) is 1. The zero-order valence-electron chi connectivity index (χ0n) is 12.7. The Morgan fingerprint density at radius 2 is 2.26 bits per heavy atom. The Balaban J connectivity index is 1.57. The fourth-order valence-corrected chi connectivity index (χ4v) is 2.91. The van der Waals surface area contributed by atoms with Crippen LogP contribution in [0, 0.1) is 5.92 Å². The molecule has 2 N–H and O–H groups in total. The lowest BCUT2D eigenvalue weighted by atomic mass is 9.97. The number of likely N-dealkylation sites (tertiary alicyclic amines) is 1. The Morgan fingerprint density at radius 3 is 3.00 bits per heavy atom. The van der Waals surface area contributed by atoms with Crippen LogP contribution in [-0.2, 0) is 11.3 Å². The number of rotatable bonds is 5. The summed E-state index contributed by atoms with van der Waals surface area (Å²) in [7, 11) is 0. The second kappa shape index (κ2) is 7.06. The van der Waals surface area contributed by atoms with Gasteiger partial charge in [0, 0.05) is 24.8 Å². The van der Waals surface area contributed by atoms with Crippen LogP contribution in [0.25, 0.3) is 11.3 Å². The minimum Gasteiger partial charge on any atom is -0.369 e. The molecule has 2 aromatic heterocycles. The van der Waals surface area contributed by atoms with Crippen LogP contribution in [0.3, 0.4) is 0 Å². The molecule has 0 aromatic carbocycles. The third kappa shape index (κ3) is 4.05. The van der Waals surface area contributed by atoms with Crippen LogP contribution in [0.4, 0.5) is 0 Å². The first kappa shape index (κ1) is 15.9. The van der Waals surface area contributed by atoms with Crippen LogP contribution in [-0.4, -0.2) is 50.4 Å². The Kier molecular flexibility index (Phi) is 4.88. The maximum absolute atomic E-state index is 11.3. The maximum Gasteiger partial charge on any atom is 0.221 e. The molecule has 0 spiro atoms. The van der Waals surface area contributed by atoms with Gasteiger partial charge in [0.2, 0.25) is 5.91 Å². The summed E-state index contributed by atoms with van der Waals surface area (Å²) in [4.78, 5) is 17.6. The number of primary amides is 1. The Bertz CT molecular complexity index is 671. The molecule has 3 rings (SSSR count). The van der Waals surface area contributed by atoms with Crippen LogP contribution in [0.1, 0.15) is 12.8 Å². The van der Waals surface area contributed by atoms with Gasteiger partial charge in [0.25, 0.3) is 0 Å². The Hall–Kier alpha value is -1.99. The van der Waals surface area contributed by atoms with Crippen LogP contribution in [0.5, 0.6) is 0 Å². The normalized spacial score (nSPS) is 18.9. The Morgan fingerprint density at radius 1 is 1.39 bits per heavy atom. The van der Waals surface area contributed by atoms with E-state index < -0.39 is 0 Å². The molecule has 1 fully saturated rings. The summed E-state index contributed by atoms with van der Waals surface area (Å²) in [6.45, 7) is 3.27. The molecular formula is C15H19ClN6O. The molecule has 1 aliphatic rings. The molecule has 1 amide bonds. The number of carbonyl (C=O) groups excluding carboxylic acids is 1. The van der Waals surface area contributed by atoms with Gasteiger partial charge in [-0.05, 0) is 31.5 Å². The van der Waals surface area contributed by atoms with Crippen molar-refractivity contribution in [1.29, 1.82) is 0 Å². The molecule has 1 saturated heterocycles. The first-order chi connectivity index (χ1) is 11.1. The van der Waals surface area contributed by atoms with Crippen molar-refractivity contribution in [1.82, 2.24) is 24.9 Å². The average molecular weight is 335 g/mol. The van der Waals surface area contributed by atoms with Gasteiger partial charge < -0.3 is 10.6 Å². The molecule has 0 radical (unpaired) electrons. The molecule has 0 saturated carbocycles. The lowest BCUT2D eigenvalue weighted by Crippen LogP contribution is -2.42. The first-order valence-electron chi connectivity index (χ1n) is 7.65. The molecule has 0 aliphatic carbocycles. The van der Waals surface area contributed by atoms with E-state index >= 15 is 0 Å². The second-order valence-electron chi connectivity index (χ2n) is 5.78. The minimum absolute atomic E-state index is 0.0322. The van der Waals surface area contributed by atoms with E-state index in [1.165, 1.54) is 0 Å². The molecule has 8 heteroatoms. The molecule has 3 heterocycles. The topological polar surface area (TPSA) is 89.9 Å². The summed E-state index contributed by atoms with van der Waals surface area (Å²) in [6, 6.07) is 3.60. The van der Waals surface area contributed by atoms with E-state index in [1.807, 2.05) is 12.3 Å². The molecule has 23 heavy (non-hydrogen) atoms. The fourth-order valence-electron chi connectivity index (χ4n) is 2.80. The van der Waals surface area contributed by atoms with Crippen LogP contribution >= 0.6 is 11.6 Å². The number of halogens is 1. The summed E-state index contributed by atoms with van der Waals surface area (Å²) in [5.41, 5.74) is 7.05. The van der Waals surface area contributed by atoms with Gasteiger partial charge in [-0.25, -0.2) is 4.98 Å². The highest BCUT2D eigenvalue weighted by Gasteiger charge is 2.23. The van der Waals surface area contributed by atoms with Crippen LogP contribution in [0.15, 0.2) is 24.5 Å².